The highest BCUT2D eigenvalue weighted by Gasteiger charge is 2.30. The molecule has 0 amide bonds. The summed E-state index contributed by atoms with van der Waals surface area (Å²) in [5.74, 6) is 2.83. The van der Waals surface area contributed by atoms with Crippen molar-refractivity contribution in [3.8, 4) is 0 Å². The first-order valence-corrected chi connectivity index (χ1v) is 6.84. The monoisotopic (exact) mass is 208 g/mol. The Morgan fingerprint density at radius 3 is 2.33 bits per heavy atom. The second kappa shape index (κ2) is 5.14. The molecule has 1 nitrogen and oxygen atoms in total. The number of hydrogen-bond acceptors (Lipinski definition) is 1. The Hall–Kier alpha value is -0.330. The van der Waals surface area contributed by atoms with Gasteiger partial charge >= 0.3 is 0 Å². The Morgan fingerprint density at radius 2 is 1.73 bits per heavy atom. The Labute approximate surface area is 93.6 Å². The number of ketones is 1. The van der Waals surface area contributed by atoms with Gasteiger partial charge < -0.3 is 0 Å². The van der Waals surface area contributed by atoms with Crippen LogP contribution in [0.1, 0.15) is 64.7 Å². The topological polar surface area (TPSA) is 17.1 Å². The van der Waals surface area contributed by atoms with Gasteiger partial charge in [-0.05, 0) is 31.1 Å². The summed E-state index contributed by atoms with van der Waals surface area (Å²) in [5, 5.41) is 0. The zero-order valence-electron chi connectivity index (χ0n) is 10.0. The lowest BCUT2D eigenvalue weighted by Gasteiger charge is -2.30. The average Bonchev–Trinajstić information content (AvgIpc) is 3.10. The second-order valence-corrected chi connectivity index (χ2v) is 5.49. The summed E-state index contributed by atoms with van der Waals surface area (Å²) < 4.78 is 0. The average molecular weight is 208 g/mol. The van der Waals surface area contributed by atoms with Gasteiger partial charge in [0.15, 0.2) is 0 Å². The van der Waals surface area contributed by atoms with Gasteiger partial charge in [0.25, 0.3) is 0 Å². The van der Waals surface area contributed by atoms with Crippen molar-refractivity contribution in [2.45, 2.75) is 64.7 Å². The van der Waals surface area contributed by atoms with E-state index in [0.717, 1.165) is 18.3 Å². The molecule has 86 valence electrons. The predicted octanol–water partition coefficient (Wildman–Crippen LogP) is 3.96. The molecule has 0 aromatic carbocycles. The van der Waals surface area contributed by atoms with E-state index in [2.05, 4.69) is 6.92 Å². The summed E-state index contributed by atoms with van der Waals surface area (Å²) in [6.45, 7) is 2.31. The summed E-state index contributed by atoms with van der Waals surface area (Å²) >= 11 is 0. The highest BCUT2D eigenvalue weighted by Crippen LogP contribution is 2.37. The van der Waals surface area contributed by atoms with Gasteiger partial charge in [-0.1, -0.05) is 39.0 Å². The van der Waals surface area contributed by atoms with Crippen molar-refractivity contribution in [1.29, 1.82) is 0 Å². The molecule has 2 unspecified atom stereocenters. The van der Waals surface area contributed by atoms with Gasteiger partial charge in [0.1, 0.15) is 5.78 Å². The summed E-state index contributed by atoms with van der Waals surface area (Å²) in [7, 11) is 0. The largest absolute Gasteiger partial charge is 0.299 e. The van der Waals surface area contributed by atoms with E-state index in [-0.39, 0.29) is 0 Å². The Morgan fingerprint density at radius 1 is 1.07 bits per heavy atom. The van der Waals surface area contributed by atoms with E-state index in [1.54, 1.807) is 0 Å². The van der Waals surface area contributed by atoms with Gasteiger partial charge in [0.05, 0.1) is 0 Å². The van der Waals surface area contributed by atoms with Crippen LogP contribution in [0.2, 0.25) is 0 Å². The number of carbonyl (C=O) groups excluding carboxylic acids is 1. The molecule has 2 aliphatic carbocycles. The van der Waals surface area contributed by atoms with Crippen molar-refractivity contribution >= 4 is 5.78 Å². The molecule has 0 aromatic heterocycles. The third-order valence-electron chi connectivity index (χ3n) is 4.39. The third kappa shape index (κ3) is 3.06. The standard InChI is InChI=1S/C14H24O/c1-2-11-5-3-4-6-12(11)9-10-14(15)13-7-8-13/h11-13H,2-10H2,1H3. The van der Waals surface area contributed by atoms with E-state index in [4.69, 9.17) is 0 Å². The fourth-order valence-electron chi connectivity index (χ4n) is 3.14. The van der Waals surface area contributed by atoms with Crippen LogP contribution in [0, 0.1) is 17.8 Å². The molecule has 0 aliphatic heterocycles. The van der Waals surface area contributed by atoms with Gasteiger partial charge in [-0.2, -0.15) is 0 Å². The second-order valence-electron chi connectivity index (χ2n) is 5.49. The van der Waals surface area contributed by atoms with Crippen LogP contribution in [-0.4, -0.2) is 5.78 Å². The molecular formula is C14H24O. The molecule has 0 aromatic rings. The molecule has 2 rings (SSSR count). The van der Waals surface area contributed by atoms with Crippen LogP contribution in [-0.2, 0) is 4.79 Å². The summed E-state index contributed by atoms with van der Waals surface area (Å²) in [6, 6.07) is 0. The van der Waals surface area contributed by atoms with Gasteiger partial charge in [0, 0.05) is 12.3 Å². The predicted molar refractivity (Wildman–Crippen MR) is 62.7 cm³/mol. The number of carbonyl (C=O) groups is 1. The first-order valence-electron chi connectivity index (χ1n) is 6.84. The molecule has 1 heteroatoms. The number of Topliss-reactive ketones (excluding diaryl/α,β-unsaturated/α-hetero) is 1. The van der Waals surface area contributed by atoms with Crippen LogP contribution in [0.15, 0.2) is 0 Å². The maximum absolute atomic E-state index is 11.6. The molecule has 2 saturated carbocycles. The van der Waals surface area contributed by atoms with Crippen LogP contribution < -0.4 is 0 Å². The zero-order chi connectivity index (χ0) is 10.7. The zero-order valence-corrected chi connectivity index (χ0v) is 10.0. The minimum absolute atomic E-state index is 0.480. The van der Waals surface area contributed by atoms with Crippen LogP contribution in [0.4, 0.5) is 0 Å². The molecule has 2 aliphatic rings. The molecule has 15 heavy (non-hydrogen) atoms. The number of hydrogen-bond donors (Lipinski definition) is 0. The van der Waals surface area contributed by atoms with Crippen molar-refractivity contribution < 1.29 is 4.79 Å². The van der Waals surface area contributed by atoms with Crippen molar-refractivity contribution in [3.63, 3.8) is 0 Å². The first-order chi connectivity index (χ1) is 7.31. The maximum atomic E-state index is 11.6. The number of rotatable bonds is 5. The van der Waals surface area contributed by atoms with Crippen LogP contribution in [0.25, 0.3) is 0 Å². The Balaban J connectivity index is 1.73. The van der Waals surface area contributed by atoms with Crippen molar-refractivity contribution in [3.05, 3.63) is 0 Å². The minimum atomic E-state index is 0.480. The molecular weight excluding hydrogens is 184 g/mol. The van der Waals surface area contributed by atoms with Crippen molar-refractivity contribution in [1.82, 2.24) is 0 Å². The van der Waals surface area contributed by atoms with Crippen LogP contribution >= 0.6 is 0 Å². The molecule has 0 radical (unpaired) electrons. The van der Waals surface area contributed by atoms with Gasteiger partial charge in [-0.25, -0.2) is 0 Å². The molecule has 0 heterocycles. The highest BCUT2D eigenvalue weighted by atomic mass is 16.1. The summed E-state index contributed by atoms with van der Waals surface area (Å²) in [6.07, 6.45) is 11.4. The SMILES string of the molecule is CCC1CCCCC1CCC(=O)C1CC1. The lowest BCUT2D eigenvalue weighted by Crippen LogP contribution is -2.20. The highest BCUT2D eigenvalue weighted by molar-refractivity contribution is 5.83. The summed E-state index contributed by atoms with van der Waals surface area (Å²) in [4.78, 5) is 11.6. The van der Waals surface area contributed by atoms with E-state index in [1.807, 2.05) is 0 Å². The van der Waals surface area contributed by atoms with E-state index >= 15 is 0 Å². The lowest BCUT2D eigenvalue weighted by atomic mass is 9.75. The van der Waals surface area contributed by atoms with Crippen molar-refractivity contribution in [2.24, 2.45) is 17.8 Å². The van der Waals surface area contributed by atoms with E-state index in [1.165, 1.54) is 51.4 Å². The van der Waals surface area contributed by atoms with Crippen molar-refractivity contribution in [2.75, 3.05) is 0 Å². The quantitative estimate of drug-likeness (QED) is 0.668. The molecule has 0 spiro atoms. The maximum Gasteiger partial charge on any atom is 0.135 e. The van der Waals surface area contributed by atoms with Gasteiger partial charge in [-0.3, -0.25) is 4.79 Å². The van der Waals surface area contributed by atoms with Gasteiger partial charge in [-0.15, -0.1) is 0 Å². The molecule has 2 fully saturated rings. The van der Waals surface area contributed by atoms with E-state index in [9.17, 15) is 4.79 Å². The van der Waals surface area contributed by atoms with Crippen LogP contribution in [0.3, 0.4) is 0 Å². The minimum Gasteiger partial charge on any atom is -0.299 e. The van der Waals surface area contributed by atoms with E-state index in [0.29, 0.717) is 11.7 Å². The Bertz CT molecular complexity index is 217. The van der Waals surface area contributed by atoms with Gasteiger partial charge in [0.2, 0.25) is 0 Å². The molecule has 0 saturated heterocycles. The fraction of sp³-hybridized carbons (Fsp3) is 0.929. The normalized spacial score (nSPS) is 31.5. The summed E-state index contributed by atoms with van der Waals surface area (Å²) in [5.41, 5.74) is 0. The smallest absolute Gasteiger partial charge is 0.135 e. The fourth-order valence-corrected chi connectivity index (χ4v) is 3.14. The molecule has 0 bridgehead atoms. The van der Waals surface area contributed by atoms with Crippen LogP contribution in [0.5, 0.6) is 0 Å². The Kier molecular flexibility index (Phi) is 3.82. The lowest BCUT2D eigenvalue weighted by molar-refractivity contribution is -0.120. The molecule has 2 atom stereocenters. The van der Waals surface area contributed by atoms with E-state index < -0.39 is 0 Å². The molecule has 0 N–H and O–H groups in total. The third-order valence-corrected chi connectivity index (χ3v) is 4.39. The first kappa shape index (κ1) is 11.2.